The average molecular weight is 282 g/mol. The first-order valence-electron chi connectivity index (χ1n) is 8.22. The first-order valence-corrected chi connectivity index (χ1v) is 8.22. The molecule has 0 aromatic heterocycles. The molecular formula is C18H34O2. The fourth-order valence-corrected chi connectivity index (χ4v) is 3.19. The van der Waals surface area contributed by atoms with Gasteiger partial charge in [-0.15, -0.1) is 0 Å². The van der Waals surface area contributed by atoms with E-state index in [1.54, 1.807) is 0 Å². The number of hydrogen-bond donors (Lipinski definition) is 1. The molecule has 0 aromatic rings. The lowest BCUT2D eigenvalue weighted by Crippen LogP contribution is -2.29. The zero-order valence-corrected chi connectivity index (χ0v) is 14.3. The Morgan fingerprint density at radius 1 is 1.40 bits per heavy atom. The Labute approximate surface area is 125 Å². The maximum atomic E-state index is 10.1. The van der Waals surface area contributed by atoms with Gasteiger partial charge in [0.05, 0.1) is 5.60 Å². The van der Waals surface area contributed by atoms with Crippen molar-refractivity contribution in [1.29, 1.82) is 0 Å². The maximum Gasteiger partial charge on any atom is 0.155 e. The molecular weight excluding hydrogens is 248 g/mol. The molecule has 118 valence electrons. The molecule has 0 spiro atoms. The van der Waals surface area contributed by atoms with Crippen molar-refractivity contribution in [2.24, 2.45) is 17.8 Å². The van der Waals surface area contributed by atoms with Crippen LogP contribution in [-0.2, 0) is 4.74 Å². The van der Waals surface area contributed by atoms with Crippen LogP contribution >= 0.6 is 0 Å². The van der Waals surface area contributed by atoms with E-state index in [9.17, 15) is 5.11 Å². The van der Waals surface area contributed by atoms with Gasteiger partial charge < -0.3 is 9.84 Å². The van der Waals surface area contributed by atoms with Crippen molar-refractivity contribution in [2.45, 2.75) is 85.5 Å². The first-order chi connectivity index (χ1) is 9.21. The van der Waals surface area contributed by atoms with E-state index in [4.69, 9.17) is 4.74 Å². The molecule has 4 unspecified atom stereocenters. The van der Waals surface area contributed by atoms with Crippen molar-refractivity contribution in [1.82, 2.24) is 0 Å². The van der Waals surface area contributed by atoms with Gasteiger partial charge in [0.15, 0.2) is 6.29 Å². The Morgan fingerprint density at radius 3 is 2.60 bits per heavy atom. The predicted octanol–water partition coefficient (Wildman–Crippen LogP) is 4.92. The number of ether oxygens (including phenoxy) is 1. The molecule has 1 N–H and O–H groups in total. The van der Waals surface area contributed by atoms with Crippen LogP contribution in [-0.4, -0.2) is 17.0 Å². The summed E-state index contributed by atoms with van der Waals surface area (Å²) in [5.74, 6) is 2.10. The topological polar surface area (TPSA) is 29.5 Å². The quantitative estimate of drug-likeness (QED) is 0.553. The Hall–Kier alpha value is -0.340. The van der Waals surface area contributed by atoms with Crippen LogP contribution in [0.4, 0.5) is 0 Å². The minimum atomic E-state index is -0.629. The van der Waals surface area contributed by atoms with Gasteiger partial charge in [-0.25, -0.2) is 0 Å². The third-order valence-corrected chi connectivity index (χ3v) is 4.46. The molecule has 0 fully saturated rings. The molecule has 1 rings (SSSR count). The molecule has 0 heterocycles. The standard InChI is InChI=1S/C18H34O2/c1-7-15(12-17(19)20-18(4,5)6)11-16-10-13(2)8-9-14(16)3/h8,14-17,19H,7,9-12H2,1-6H3. The van der Waals surface area contributed by atoms with Gasteiger partial charge in [0.2, 0.25) is 0 Å². The molecule has 0 saturated carbocycles. The molecule has 0 amide bonds. The van der Waals surface area contributed by atoms with Crippen molar-refractivity contribution in [3.8, 4) is 0 Å². The van der Waals surface area contributed by atoms with Gasteiger partial charge in [0.1, 0.15) is 0 Å². The minimum absolute atomic E-state index is 0.269. The van der Waals surface area contributed by atoms with Crippen LogP contribution in [0.5, 0.6) is 0 Å². The SMILES string of the molecule is CCC(CC(O)OC(C)(C)C)CC1CC(C)=CCC1C. The molecule has 0 aromatic carbocycles. The molecule has 20 heavy (non-hydrogen) atoms. The smallest absolute Gasteiger partial charge is 0.155 e. The number of allylic oxidation sites excluding steroid dienone is 2. The predicted molar refractivity (Wildman–Crippen MR) is 85.5 cm³/mol. The van der Waals surface area contributed by atoms with Gasteiger partial charge >= 0.3 is 0 Å². The van der Waals surface area contributed by atoms with Crippen LogP contribution in [0.15, 0.2) is 11.6 Å². The third-order valence-electron chi connectivity index (χ3n) is 4.46. The van der Waals surface area contributed by atoms with Crippen LogP contribution in [0.3, 0.4) is 0 Å². The summed E-state index contributed by atoms with van der Waals surface area (Å²) >= 11 is 0. The van der Waals surface area contributed by atoms with Crippen LogP contribution in [0.2, 0.25) is 0 Å². The summed E-state index contributed by atoms with van der Waals surface area (Å²) in [6, 6.07) is 0. The lowest BCUT2D eigenvalue weighted by atomic mass is 9.75. The largest absolute Gasteiger partial charge is 0.368 e. The van der Waals surface area contributed by atoms with Gasteiger partial charge in [-0.3, -0.25) is 0 Å². The summed E-state index contributed by atoms with van der Waals surface area (Å²) in [5, 5.41) is 10.1. The zero-order chi connectivity index (χ0) is 15.3. The van der Waals surface area contributed by atoms with Crippen molar-refractivity contribution >= 4 is 0 Å². The second-order valence-electron chi connectivity index (χ2n) is 7.66. The third kappa shape index (κ3) is 6.41. The Morgan fingerprint density at radius 2 is 2.05 bits per heavy atom. The summed E-state index contributed by atoms with van der Waals surface area (Å²) in [6.07, 6.45) is 7.31. The summed E-state index contributed by atoms with van der Waals surface area (Å²) in [4.78, 5) is 0. The molecule has 1 aliphatic rings. The monoisotopic (exact) mass is 282 g/mol. The van der Waals surface area contributed by atoms with Crippen molar-refractivity contribution in [3.63, 3.8) is 0 Å². The zero-order valence-electron chi connectivity index (χ0n) is 14.3. The van der Waals surface area contributed by atoms with Crippen LogP contribution in [0, 0.1) is 17.8 Å². The molecule has 0 bridgehead atoms. The number of rotatable bonds is 6. The van der Waals surface area contributed by atoms with E-state index >= 15 is 0 Å². The van der Waals surface area contributed by atoms with E-state index in [0.29, 0.717) is 5.92 Å². The normalized spacial score (nSPS) is 27.1. The van der Waals surface area contributed by atoms with E-state index in [-0.39, 0.29) is 5.60 Å². The molecule has 4 atom stereocenters. The highest BCUT2D eigenvalue weighted by molar-refractivity contribution is 5.05. The van der Waals surface area contributed by atoms with Gasteiger partial charge in [-0.1, -0.05) is 31.9 Å². The number of aliphatic hydroxyl groups excluding tert-OH is 1. The number of aliphatic hydroxyl groups is 1. The highest BCUT2D eigenvalue weighted by atomic mass is 16.6. The van der Waals surface area contributed by atoms with Crippen molar-refractivity contribution in [2.75, 3.05) is 0 Å². The van der Waals surface area contributed by atoms with Gasteiger partial charge in [-0.2, -0.15) is 0 Å². The Kier molecular flexibility index (Phi) is 6.74. The van der Waals surface area contributed by atoms with Crippen LogP contribution in [0.25, 0.3) is 0 Å². The molecule has 2 nitrogen and oxygen atoms in total. The van der Waals surface area contributed by atoms with E-state index in [2.05, 4.69) is 26.8 Å². The Balaban J connectivity index is 2.48. The fourth-order valence-electron chi connectivity index (χ4n) is 3.19. The average Bonchev–Trinajstić information content (AvgIpc) is 2.30. The molecule has 1 aliphatic carbocycles. The van der Waals surface area contributed by atoms with Crippen molar-refractivity contribution in [3.05, 3.63) is 11.6 Å². The summed E-state index contributed by atoms with van der Waals surface area (Å²) in [7, 11) is 0. The summed E-state index contributed by atoms with van der Waals surface area (Å²) in [6.45, 7) is 12.8. The van der Waals surface area contributed by atoms with Crippen LogP contribution in [0.1, 0.15) is 73.6 Å². The summed E-state index contributed by atoms with van der Waals surface area (Å²) in [5.41, 5.74) is 1.27. The first kappa shape index (κ1) is 17.7. The summed E-state index contributed by atoms with van der Waals surface area (Å²) < 4.78 is 5.65. The lowest BCUT2D eigenvalue weighted by Gasteiger charge is -2.32. The van der Waals surface area contributed by atoms with E-state index in [0.717, 1.165) is 24.7 Å². The molecule has 0 saturated heterocycles. The Bertz CT molecular complexity index is 314. The molecule has 0 radical (unpaired) electrons. The maximum absolute atomic E-state index is 10.1. The highest BCUT2D eigenvalue weighted by Gasteiger charge is 2.26. The number of hydrogen-bond acceptors (Lipinski definition) is 2. The van der Waals surface area contributed by atoms with Gasteiger partial charge in [0, 0.05) is 6.42 Å². The van der Waals surface area contributed by atoms with Crippen molar-refractivity contribution < 1.29 is 9.84 Å². The van der Waals surface area contributed by atoms with Crippen LogP contribution < -0.4 is 0 Å². The van der Waals surface area contributed by atoms with E-state index in [1.807, 2.05) is 20.8 Å². The van der Waals surface area contributed by atoms with E-state index in [1.165, 1.54) is 24.8 Å². The highest BCUT2D eigenvalue weighted by Crippen LogP contribution is 2.35. The minimum Gasteiger partial charge on any atom is -0.368 e. The molecule has 0 aliphatic heterocycles. The van der Waals surface area contributed by atoms with Gasteiger partial charge in [0.25, 0.3) is 0 Å². The second-order valence-corrected chi connectivity index (χ2v) is 7.66. The molecule has 2 heteroatoms. The fraction of sp³-hybridized carbons (Fsp3) is 0.889. The lowest BCUT2D eigenvalue weighted by molar-refractivity contribution is -0.174. The van der Waals surface area contributed by atoms with E-state index < -0.39 is 6.29 Å². The van der Waals surface area contributed by atoms with Gasteiger partial charge in [-0.05, 0) is 64.7 Å². The second kappa shape index (κ2) is 7.61.